The number of benzene rings is 1. The Kier molecular flexibility index (Phi) is 13.0. The van der Waals surface area contributed by atoms with Gasteiger partial charge in [-0.15, -0.1) is 0 Å². The van der Waals surface area contributed by atoms with Gasteiger partial charge in [0, 0.05) is 43.7 Å². The van der Waals surface area contributed by atoms with Gasteiger partial charge < -0.3 is 19.9 Å². The van der Waals surface area contributed by atoms with E-state index in [9.17, 15) is 27.9 Å². The van der Waals surface area contributed by atoms with Crippen molar-refractivity contribution in [1.29, 1.82) is 0 Å². The van der Waals surface area contributed by atoms with E-state index < -0.39 is 45.4 Å². The van der Waals surface area contributed by atoms with Gasteiger partial charge in [0.25, 0.3) is 0 Å². The van der Waals surface area contributed by atoms with Crippen molar-refractivity contribution in [1.82, 2.24) is 19.9 Å². The van der Waals surface area contributed by atoms with Crippen LogP contribution in [0.1, 0.15) is 83.5 Å². The van der Waals surface area contributed by atoms with Crippen molar-refractivity contribution < 1.29 is 37.4 Å². The molecule has 0 aliphatic carbocycles. The zero-order valence-corrected chi connectivity index (χ0v) is 31.0. The van der Waals surface area contributed by atoms with E-state index in [0.717, 1.165) is 29.7 Å². The molecule has 1 fully saturated rings. The fourth-order valence-electron chi connectivity index (χ4n) is 6.17. The molecule has 2 amide bonds. The topological polar surface area (TPSA) is 167 Å². The second-order valence-corrected chi connectivity index (χ2v) is 16.1. The predicted octanol–water partition coefficient (Wildman–Crippen LogP) is 3.85. The fourth-order valence-corrected chi connectivity index (χ4v) is 7.91. The van der Waals surface area contributed by atoms with E-state index in [-0.39, 0.29) is 43.5 Å². The van der Waals surface area contributed by atoms with Crippen molar-refractivity contribution in [3.8, 4) is 0 Å². The van der Waals surface area contributed by atoms with Crippen molar-refractivity contribution in [2.24, 2.45) is 5.41 Å². The van der Waals surface area contributed by atoms with Crippen LogP contribution in [0.15, 0.2) is 41.3 Å². The Morgan fingerprint density at radius 1 is 1.10 bits per heavy atom. The molecular weight excluding hydrogens is 662 g/mol. The minimum atomic E-state index is -3.74. The number of fused-ring (bicyclic) bond motifs is 1. The van der Waals surface area contributed by atoms with Gasteiger partial charge >= 0.3 is 12.1 Å². The first-order valence-corrected chi connectivity index (χ1v) is 19.0. The van der Waals surface area contributed by atoms with E-state index in [0.29, 0.717) is 38.0 Å². The number of aliphatic hydroxyl groups is 1. The van der Waals surface area contributed by atoms with E-state index in [4.69, 9.17) is 14.5 Å². The highest BCUT2D eigenvalue weighted by Gasteiger charge is 2.52. The third-order valence-electron chi connectivity index (χ3n) is 9.13. The van der Waals surface area contributed by atoms with Crippen LogP contribution in [0.5, 0.6) is 0 Å². The molecule has 50 heavy (non-hydrogen) atoms. The average molecular weight is 716 g/mol. The van der Waals surface area contributed by atoms with E-state index >= 15 is 0 Å². The number of aromatic nitrogens is 1. The number of aliphatic hydroxyl groups excluding tert-OH is 1. The Bertz CT molecular complexity index is 1620. The number of sulfonamides is 1. The molecule has 13 nitrogen and oxygen atoms in total. The van der Waals surface area contributed by atoms with E-state index in [1.807, 2.05) is 52.8 Å². The molecule has 4 rings (SSSR count). The van der Waals surface area contributed by atoms with Gasteiger partial charge in [-0.05, 0) is 102 Å². The summed E-state index contributed by atoms with van der Waals surface area (Å²) in [6, 6.07) is 9.61. The number of unbranched alkanes of at least 4 members (excludes halogenated alkanes) is 1. The lowest BCUT2D eigenvalue weighted by molar-refractivity contribution is -0.149. The second-order valence-electron chi connectivity index (χ2n) is 14.2. The number of nitrogens with one attached hydrogen (secondary N) is 2. The van der Waals surface area contributed by atoms with E-state index in [1.54, 1.807) is 30.0 Å². The standard InChI is InChI=1S/C36H53N5O8S/c1-7-36(23-40(24-36)50(46,47)28-16-11-13-25(3)21-28)33(44)39-29(32(43)48-8-2)22-37-30(42)17-10-9-15-27-19-18-26-14-12-20-41(31(26)38-27)34(45)49-35(4,5)6/h11,13,16,18-19,21,29,33,39,44H,7-10,12,14-15,17,20,22-24H2,1-6H3,(H,37,42). The van der Waals surface area contributed by atoms with Gasteiger partial charge in [0.1, 0.15) is 23.7 Å². The summed E-state index contributed by atoms with van der Waals surface area (Å²) in [5, 5.41) is 16.9. The minimum Gasteiger partial charge on any atom is -0.465 e. The maximum absolute atomic E-state index is 13.2. The van der Waals surface area contributed by atoms with Crippen LogP contribution in [0.25, 0.3) is 0 Å². The van der Waals surface area contributed by atoms with Gasteiger partial charge in [-0.1, -0.05) is 25.1 Å². The van der Waals surface area contributed by atoms with Gasteiger partial charge in [0.15, 0.2) is 0 Å². The van der Waals surface area contributed by atoms with Gasteiger partial charge in [0.05, 0.1) is 11.5 Å². The molecular formula is C36H53N5O8S. The van der Waals surface area contributed by atoms with Gasteiger partial charge in [0.2, 0.25) is 15.9 Å². The molecule has 2 unspecified atom stereocenters. The third kappa shape index (κ3) is 9.80. The maximum atomic E-state index is 13.2. The van der Waals surface area contributed by atoms with Crippen LogP contribution >= 0.6 is 0 Å². The van der Waals surface area contributed by atoms with E-state index in [2.05, 4.69) is 10.6 Å². The van der Waals surface area contributed by atoms with Gasteiger partial charge in [-0.2, -0.15) is 4.31 Å². The molecule has 1 aromatic heterocycles. The minimum absolute atomic E-state index is 0.0773. The lowest BCUT2D eigenvalue weighted by atomic mass is 9.77. The molecule has 14 heteroatoms. The molecule has 0 bridgehead atoms. The lowest BCUT2D eigenvalue weighted by Gasteiger charge is -2.51. The summed E-state index contributed by atoms with van der Waals surface area (Å²) in [5.41, 5.74) is 1.23. The molecule has 0 saturated carbocycles. The van der Waals surface area contributed by atoms with Crippen molar-refractivity contribution in [2.45, 2.75) is 109 Å². The molecule has 0 spiro atoms. The number of hydrogen-bond donors (Lipinski definition) is 3. The molecule has 3 N–H and O–H groups in total. The summed E-state index contributed by atoms with van der Waals surface area (Å²) in [7, 11) is -3.74. The molecule has 2 aliphatic rings. The number of pyridine rings is 1. The third-order valence-corrected chi connectivity index (χ3v) is 10.9. The summed E-state index contributed by atoms with van der Waals surface area (Å²) in [6.07, 6.45) is 2.61. The zero-order chi connectivity index (χ0) is 36.7. The number of ether oxygens (including phenoxy) is 2. The van der Waals surface area contributed by atoms with Crippen molar-refractivity contribution in [3.63, 3.8) is 0 Å². The van der Waals surface area contributed by atoms with Gasteiger partial charge in [-0.3, -0.25) is 19.8 Å². The average Bonchev–Trinajstić information content (AvgIpc) is 3.03. The first kappa shape index (κ1) is 39.2. The molecule has 2 aliphatic heterocycles. The Hall–Kier alpha value is -3.59. The highest BCUT2D eigenvalue weighted by molar-refractivity contribution is 7.89. The molecule has 0 radical (unpaired) electrons. The Morgan fingerprint density at radius 3 is 2.50 bits per heavy atom. The number of rotatable bonds is 15. The second kappa shape index (κ2) is 16.6. The molecule has 1 saturated heterocycles. The maximum Gasteiger partial charge on any atom is 0.416 e. The summed E-state index contributed by atoms with van der Waals surface area (Å²) in [5.74, 6) is -0.247. The first-order valence-electron chi connectivity index (χ1n) is 17.5. The highest BCUT2D eigenvalue weighted by Crippen LogP contribution is 2.40. The SMILES string of the molecule is CCOC(=O)C(CNC(=O)CCCCc1ccc2c(n1)N(C(=O)OC(C)(C)C)CCC2)NC(O)C1(CC)CN(S(=O)(=O)c2cccc(C)c2)C1. The number of carbonyl (C=O) groups is 3. The van der Waals surface area contributed by atoms with Crippen LogP contribution in [0.4, 0.5) is 10.6 Å². The van der Waals surface area contributed by atoms with Crippen LogP contribution in [0.3, 0.4) is 0 Å². The van der Waals surface area contributed by atoms with Crippen LogP contribution in [-0.2, 0) is 41.9 Å². The summed E-state index contributed by atoms with van der Waals surface area (Å²) in [4.78, 5) is 45.0. The van der Waals surface area contributed by atoms with Crippen LogP contribution in [0, 0.1) is 12.3 Å². The molecule has 1 aromatic carbocycles. The quantitative estimate of drug-likeness (QED) is 0.140. The number of nitrogens with zero attached hydrogens (tertiary/aromatic N) is 3. The molecule has 276 valence electrons. The number of amides is 2. The molecule has 2 atom stereocenters. The smallest absolute Gasteiger partial charge is 0.416 e. The molecule has 3 heterocycles. The Labute approximate surface area is 296 Å². The lowest BCUT2D eigenvalue weighted by Crippen LogP contribution is -2.68. The first-order chi connectivity index (χ1) is 23.6. The number of aryl methyl sites for hydroxylation is 3. The van der Waals surface area contributed by atoms with Crippen LogP contribution < -0.4 is 15.5 Å². The number of esters is 1. The Morgan fingerprint density at radius 2 is 1.84 bits per heavy atom. The largest absolute Gasteiger partial charge is 0.465 e. The highest BCUT2D eigenvalue weighted by atomic mass is 32.2. The van der Waals surface area contributed by atoms with Crippen LogP contribution in [0.2, 0.25) is 0 Å². The predicted molar refractivity (Wildman–Crippen MR) is 189 cm³/mol. The monoisotopic (exact) mass is 715 g/mol. The van der Waals surface area contributed by atoms with Crippen molar-refractivity contribution in [2.75, 3.05) is 37.7 Å². The normalized spacial score (nSPS) is 17.2. The van der Waals surface area contributed by atoms with Crippen LogP contribution in [-0.4, -0.2) is 91.4 Å². The summed E-state index contributed by atoms with van der Waals surface area (Å²) in [6.45, 7) is 11.6. The van der Waals surface area contributed by atoms with Crippen molar-refractivity contribution in [3.05, 3.63) is 53.2 Å². The zero-order valence-electron chi connectivity index (χ0n) is 30.2. The van der Waals surface area contributed by atoms with Gasteiger partial charge in [-0.25, -0.2) is 18.2 Å². The number of anilines is 1. The fraction of sp³-hybridized carbons (Fsp3) is 0.611. The summed E-state index contributed by atoms with van der Waals surface area (Å²) >= 11 is 0. The number of hydrogen-bond acceptors (Lipinski definition) is 10. The van der Waals surface area contributed by atoms with E-state index in [1.165, 1.54) is 4.31 Å². The number of carbonyl (C=O) groups excluding carboxylic acids is 3. The molecule has 2 aromatic rings. The Balaban J connectivity index is 1.27. The van der Waals surface area contributed by atoms with Crippen molar-refractivity contribution >= 4 is 33.8 Å². The summed E-state index contributed by atoms with van der Waals surface area (Å²) < 4.78 is 38.5.